The maximum absolute atomic E-state index is 12.9. The van der Waals surface area contributed by atoms with Crippen molar-refractivity contribution in [2.24, 2.45) is 0 Å². The van der Waals surface area contributed by atoms with Crippen molar-refractivity contribution >= 4 is 5.69 Å². The SMILES string of the molecule is O=c1c(Cc2ccc([N+](=O)[O-])cc2)cn(CCO)c(O)c1OCc1ccccc1. The van der Waals surface area contributed by atoms with Crippen LogP contribution in [0.1, 0.15) is 16.7 Å². The summed E-state index contributed by atoms with van der Waals surface area (Å²) in [5, 5.41) is 30.5. The maximum atomic E-state index is 12.9. The topological polar surface area (TPSA) is 115 Å². The monoisotopic (exact) mass is 396 g/mol. The molecule has 0 aliphatic rings. The molecule has 3 aromatic rings. The molecule has 1 aromatic heterocycles. The summed E-state index contributed by atoms with van der Waals surface area (Å²) in [7, 11) is 0. The number of nitro groups is 1. The summed E-state index contributed by atoms with van der Waals surface area (Å²) in [5.41, 5.74) is 1.37. The van der Waals surface area contributed by atoms with Gasteiger partial charge in [0.2, 0.25) is 17.1 Å². The first-order valence-corrected chi connectivity index (χ1v) is 8.95. The lowest BCUT2D eigenvalue weighted by molar-refractivity contribution is -0.384. The Bertz CT molecular complexity index is 1050. The van der Waals surface area contributed by atoms with Gasteiger partial charge >= 0.3 is 0 Å². The summed E-state index contributed by atoms with van der Waals surface area (Å²) in [4.78, 5) is 23.2. The second-order valence-electron chi connectivity index (χ2n) is 6.43. The van der Waals surface area contributed by atoms with E-state index in [4.69, 9.17) is 4.74 Å². The molecule has 2 N–H and O–H groups in total. The van der Waals surface area contributed by atoms with E-state index in [1.54, 1.807) is 12.1 Å². The summed E-state index contributed by atoms with van der Waals surface area (Å²) < 4.78 is 6.96. The Morgan fingerprint density at radius 2 is 1.72 bits per heavy atom. The van der Waals surface area contributed by atoms with Crippen LogP contribution >= 0.6 is 0 Å². The number of hydrogen-bond donors (Lipinski definition) is 2. The van der Waals surface area contributed by atoms with E-state index in [1.165, 1.54) is 22.9 Å². The molecular weight excluding hydrogens is 376 g/mol. The third kappa shape index (κ3) is 4.80. The molecule has 0 unspecified atom stereocenters. The molecule has 150 valence electrons. The van der Waals surface area contributed by atoms with E-state index < -0.39 is 10.4 Å². The Morgan fingerprint density at radius 1 is 1.03 bits per heavy atom. The van der Waals surface area contributed by atoms with Gasteiger partial charge in [0.1, 0.15) is 6.61 Å². The number of ether oxygens (including phenoxy) is 1. The van der Waals surface area contributed by atoms with Crippen LogP contribution in [0.15, 0.2) is 65.6 Å². The van der Waals surface area contributed by atoms with Gasteiger partial charge in [-0.3, -0.25) is 14.9 Å². The highest BCUT2D eigenvalue weighted by molar-refractivity contribution is 5.40. The Kier molecular flexibility index (Phi) is 6.25. The Labute approximate surface area is 166 Å². The van der Waals surface area contributed by atoms with E-state index in [-0.39, 0.29) is 43.5 Å². The molecular formula is C21H20N2O6. The van der Waals surface area contributed by atoms with Crippen LogP contribution < -0.4 is 10.2 Å². The van der Waals surface area contributed by atoms with Crippen LogP contribution in [0.25, 0.3) is 0 Å². The second-order valence-corrected chi connectivity index (χ2v) is 6.43. The molecule has 2 aromatic carbocycles. The number of non-ortho nitro benzene ring substituents is 1. The Morgan fingerprint density at radius 3 is 2.34 bits per heavy atom. The number of aromatic nitrogens is 1. The summed E-state index contributed by atoms with van der Waals surface area (Å²) >= 11 is 0. The smallest absolute Gasteiger partial charge is 0.269 e. The number of aliphatic hydroxyl groups is 1. The minimum absolute atomic E-state index is 0.0379. The van der Waals surface area contributed by atoms with E-state index in [9.17, 15) is 25.1 Å². The normalized spacial score (nSPS) is 10.7. The first-order valence-electron chi connectivity index (χ1n) is 8.95. The highest BCUT2D eigenvalue weighted by Crippen LogP contribution is 2.24. The minimum Gasteiger partial charge on any atom is -0.492 e. The van der Waals surface area contributed by atoms with Crippen LogP contribution in [0.3, 0.4) is 0 Å². The van der Waals surface area contributed by atoms with Gasteiger partial charge in [0.25, 0.3) is 5.69 Å². The van der Waals surface area contributed by atoms with Crippen LogP contribution in [0.4, 0.5) is 5.69 Å². The molecule has 0 radical (unpaired) electrons. The molecule has 0 saturated carbocycles. The predicted octanol–water partition coefficient (Wildman–Crippen LogP) is 2.62. The number of pyridine rings is 1. The van der Waals surface area contributed by atoms with Gasteiger partial charge in [0, 0.05) is 36.9 Å². The van der Waals surface area contributed by atoms with Crippen molar-refractivity contribution in [2.75, 3.05) is 6.61 Å². The standard InChI is InChI=1S/C21H20N2O6/c24-11-10-22-13-17(12-15-6-8-18(9-7-15)23(27)28)19(25)20(21(22)26)29-14-16-4-2-1-3-5-16/h1-9,13,24,26H,10-12,14H2. The lowest BCUT2D eigenvalue weighted by Gasteiger charge is -2.15. The minimum atomic E-state index is -0.492. The molecule has 3 rings (SSSR count). The first kappa shape index (κ1) is 20.1. The van der Waals surface area contributed by atoms with Gasteiger partial charge < -0.3 is 19.5 Å². The average molecular weight is 396 g/mol. The van der Waals surface area contributed by atoms with Crippen molar-refractivity contribution in [2.45, 2.75) is 19.6 Å². The number of benzene rings is 2. The van der Waals surface area contributed by atoms with Gasteiger partial charge in [-0.05, 0) is 11.1 Å². The van der Waals surface area contributed by atoms with Crippen molar-refractivity contribution in [3.63, 3.8) is 0 Å². The lowest BCUT2D eigenvalue weighted by Crippen LogP contribution is -2.18. The van der Waals surface area contributed by atoms with E-state index in [0.717, 1.165) is 5.56 Å². The van der Waals surface area contributed by atoms with Gasteiger partial charge in [-0.15, -0.1) is 0 Å². The number of nitro benzene ring substituents is 1. The van der Waals surface area contributed by atoms with Crippen molar-refractivity contribution in [3.8, 4) is 11.6 Å². The maximum Gasteiger partial charge on any atom is 0.269 e. The van der Waals surface area contributed by atoms with Crippen LogP contribution in [0.2, 0.25) is 0 Å². The number of aliphatic hydroxyl groups excluding tert-OH is 1. The molecule has 0 amide bonds. The first-order chi connectivity index (χ1) is 14.0. The van der Waals surface area contributed by atoms with Gasteiger partial charge in [0.15, 0.2) is 0 Å². The fourth-order valence-corrected chi connectivity index (χ4v) is 2.91. The summed E-state index contributed by atoms with van der Waals surface area (Å²) in [6.45, 7) is -0.0453. The van der Waals surface area contributed by atoms with Gasteiger partial charge in [0.05, 0.1) is 11.5 Å². The summed E-state index contributed by atoms with van der Waals surface area (Å²) in [6.07, 6.45) is 1.66. The van der Waals surface area contributed by atoms with Gasteiger partial charge in [-0.2, -0.15) is 0 Å². The van der Waals surface area contributed by atoms with Crippen molar-refractivity contribution < 1.29 is 19.9 Å². The number of rotatable bonds is 8. The van der Waals surface area contributed by atoms with Crippen LogP contribution in [-0.2, 0) is 19.6 Å². The highest BCUT2D eigenvalue weighted by atomic mass is 16.6. The van der Waals surface area contributed by atoms with E-state index in [1.807, 2.05) is 30.3 Å². The Hall–Kier alpha value is -3.65. The van der Waals surface area contributed by atoms with E-state index >= 15 is 0 Å². The number of nitrogens with zero attached hydrogens (tertiary/aromatic N) is 2. The molecule has 8 heteroatoms. The van der Waals surface area contributed by atoms with Crippen molar-refractivity contribution in [1.82, 2.24) is 4.57 Å². The van der Waals surface area contributed by atoms with Gasteiger partial charge in [-0.25, -0.2) is 0 Å². The molecule has 29 heavy (non-hydrogen) atoms. The number of hydrogen-bond acceptors (Lipinski definition) is 6. The zero-order valence-corrected chi connectivity index (χ0v) is 15.5. The molecule has 1 heterocycles. The van der Waals surface area contributed by atoms with Crippen LogP contribution in [-0.4, -0.2) is 26.3 Å². The predicted molar refractivity (Wildman–Crippen MR) is 106 cm³/mol. The third-order valence-corrected chi connectivity index (χ3v) is 4.39. The highest BCUT2D eigenvalue weighted by Gasteiger charge is 2.17. The molecule has 0 saturated heterocycles. The zero-order chi connectivity index (χ0) is 20.8. The molecule has 0 atom stereocenters. The number of aromatic hydroxyl groups is 1. The van der Waals surface area contributed by atoms with Crippen molar-refractivity contribution in [1.29, 1.82) is 0 Å². The summed E-state index contributed by atoms with van der Waals surface area (Å²) in [5.74, 6) is -0.547. The molecule has 0 spiro atoms. The quantitative estimate of drug-likeness (QED) is 0.447. The zero-order valence-electron chi connectivity index (χ0n) is 15.5. The molecule has 0 aliphatic carbocycles. The Balaban J connectivity index is 1.92. The lowest BCUT2D eigenvalue weighted by atomic mass is 10.1. The largest absolute Gasteiger partial charge is 0.492 e. The van der Waals surface area contributed by atoms with Crippen molar-refractivity contribution in [3.05, 3.63) is 97.8 Å². The summed E-state index contributed by atoms with van der Waals surface area (Å²) in [6, 6.07) is 15.1. The molecule has 0 bridgehead atoms. The van der Waals surface area contributed by atoms with E-state index in [2.05, 4.69) is 0 Å². The second kappa shape index (κ2) is 9.03. The van der Waals surface area contributed by atoms with Gasteiger partial charge in [-0.1, -0.05) is 42.5 Å². The van der Waals surface area contributed by atoms with E-state index in [0.29, 0.717) is 11.1 Å². The molecule has 0 aliphatic heterocycles. The third-order valence-electron chi connectivity index (χ3n) is 4.39. The fraction of sp³-hybridized carbons (Fsp3) is 0.190. The molecule has 0 fully saturated rings. The average Bonchev–Trinajstić information content (AvgIpc) is 2.73. The molecule has 8 nitrogen and oxygen atoms in total. The fourth-order valence-electron chi connectivity index (χ4n) is 2.91. The van der Waals surface area contributed by atoms with Crippen LogP contribution in [0.5, 0.6) is 11.6 Å². The van der Waals surface area contributed by atoms with Crippen LogP contribution in [0, 0.1) is 10.1 Å².